The highest BCUT2D eigenvalue weighted by atomic mass is 16.5. The molecule has 0 aliphatic carbocycles. The fourth-order valence-electron chi connectivity index (χ4n) is 2.62. The summed E-state index contributed by atoms with van der Waals surface area (Å²) < 4.78 is 5.18. The van der Waals surface area contributed by atoms with Gasteiger partial charge in [0.2, 0.25) is 6.41 Å². The highest BCUT2D eigenvalue weighted by molar-refractivity contribution is 5.75. The van der Waals surface area contributed by atoms with Crippen LogP contribution in [0, 0.1) is 0 Å². The van der Waals surface area contributed by atoms with Crippen LogP contribution >= 0.6 is 0 Å². The first-order valence-electron chi connectivity index (χ1n) is 8.08. The van der Waals surface area contributed by atoms with Gasteiger partial charge in [0.15, 0.2) is 0 Å². The summed E-state index contributed by atoms with van der Waals surface area (Å²) >= 11 is 0. The summed E-state index contributed by atoms with van der Waals surface area (Å²) in [5.74, 6) is 0.732. The molecule has 0 radical (unpaired) electrons. The number of nitrogens with one attached hydrogen (secondary N) is 1. The molecule has 25 heavy (non-hydrogen) atoms. The van der Waals surface area contributed by atoms with Crippen LogP contribution in [-0.2, 0) is 4.79 Å². The van der Waals surface area contributed by atoms with Crippen molar-refractivity contribution in [2.24, 2.45) is 0 Å². The molecule has 0 aromatic heterocycles. The van der Waals surface area contributed by atoms with Crippen molar-refractivity contribution in [2.45, 2.75) is 26.0 Å². The molecule has 1 amide bonds. The minimum Gasteiger partial charge on any atom is -0.506 e. The summed E-state index contributed by atoms with van der Waals surface area (Å²) in [6.07, 6.45) is -0.291. The zero-order valence-electron chi connectivity index (χ0n) is 14.6. The van der Waals surface area contributed by atoms with Crippen LogP contribution in [0.3, 0.4) is 0 Å². The molecule has 0 bridgehead atoms. The molecule has 134 valence electrons. The zero-order chi connectivity index (χ0) is 18.4. The number of nitrogens with zero attached hydrogens (tertiary/aromatic N) is 1. The number of rotatable bonds is 8. The van der Waals surface area contributed by atoms with E-state index in [1.54, 1.807) is 19.2 Å². The fourth-order valence-corrected chi connectivity index (χ4v) is 2.62. The van der Waals surface area contributed by atoms with Gasteiger partial charge >= 0.3 is 0 Å². The number of methoxy groups -OCH3 is 1. The number of anilines is 2. The van der Waals surface area contributed by atoms with Crippen LogP contribution in [0.5, 0.6) is 11.5 Å². The topological polar surface area (TPSA) is 82.0 Å². The molecule has 1 unspecified atom stereocenters. The third-order valence-corrected chi connectivity index (χ3v) is 4.02. The predicted octanol–water partition coefficient (Wildman–Crippen LogP) is 2.92. The van der Waals surface area contributed by atoms with Crippen molar-refractivity contribution >= 4 is 17.8 Å². The Bertz CT molecular complexity index is 701. The Hall–Kier alpha value is -2.73. The van der Waals surface area contributed by atoms with Crippen LogP contribution in [0.15, 0.2) is 42.5 Å². The van der Waals surface area contributed by atoms with Gasteiger partial charge in [0.25, 0.3) is 0 Å². The van der Waals surface area contributed by atoms with Gasteiger partial charge in [0.05, 0.1) is 18.9 Å². The summed E-state index contributed by atoms with van der Waals surface area (Å²) in [5, 5.41) is 22.8. The van der Waals surface area contributed by atoms with Crippen LogP contribution in [0.25, 0.3) is 0 Å². The van der Waals surface area contributed by atoms with E-state index in [4.69, 9.17) is 4.74 Å². The first-order valence-corrected chi connectivity index (χ1v) is 8.08. The minimum absolute atomic E-state index is 0.0427. The SMILES string of the molecule is COc1ccc(N(CC(O)c2ccc(O)c(NC=O)c2)C(C)C)cc1. The molecule has 0 saturated carbocycles. The lowest BCUT2D eigenvalue weighted by molar-refractivity contribution is -0.105. The number of amides is 1. The number of aromatic hydroxyl groups is 1. The smallest absolute Gasteiger partial charge is 0.211 e. The highest BCUT2D eigenvalue weighted by Crippen LogP contribution is 2.29. The molecule has 0 heterocycles. The van der Waals surface area contributed by atoms with Crippen LogP contribution in [0.2, 0.25) is 0 Å². The van der Waals surface area contributed by atoms with E-state index < -0.39 is 6.10 Å². The number of phenols is 1. The molecule has 1 atom stereocenters. The second kappa shape index (κ2) is 8.39. The lowest BCUT2D eigenvalue weighted by Gasteiger charge is -2.31. The molecule has 6 nitrogen and oxygen atoms in total. The van der Waals surface area contributed by atoms with Gasteiger partial charge in [-0.15, -0.1) is 0 Å². The monoisotopic (exact) mass is 344 g/mol. The second-order valence-corrected chi connectivity index (χ2v) is 6.00. The number of benzene rings is 2. The van der Waals surface area contributed by atoms with Crippen LogP contribution in [0.4, 0.5) is 11.4 Å². The molecule has 0 aliphatic heterocycles. The Kier molecular flexibility index (Phi) is 6.25. The summed E-state index contributed by atoms with van der Waals surface area (Å²) in [4.78, 5) is 12.7. The maximum absolute atomic E-state index is 10.6. The van der Waals surface area contributed by atoms with Crippen LogP contribution in [-0.4, -0.2) is 36.3 Å². The van der Waals surface area contributed by atoms with E-state index >= 15 is 0 Å². The van der Waals surface area contributed by atoms with Crippen molar-refractivity contribution < 1.29 is 19.7 Å². The van der Waals surface area contributed by atoms with E-state index in [0.717, 1.165) is 11.4 Å². The van der Waals surface area contributed by atoms with Crippen molar-refractivity contribution in [3.63, 3.8) is 0 Å². The van der Waals surface area contributed by atoms with Gasteiger partial charge in [-0.25, -0.2) is 0 Å². The number of aliphatic hydroxyl groups excluding tert-OH is 1. The third kappa shape index (κ3) is 4.64. The number of carbonyl (C=O) groups is 1. The third-order valence-electron chi connectivity index (χ3n) is 4.02. The summed E-state index contributed by atoms with van der Waals surface area (Å²) in [6.45, 7) is 4.47. The first-order chi connectivity index (χ1) is 12.0. The van der Waals surface area contributed by atoms with Gasteiger partial charge in [-0.3, -0.25) is 4.79 Å². The van der Waals surface area contributed by atoms with Gasteiger partial charge in [-0.2, -0.15) is 0 Å². The molecule has 2 aromatic carbocycles. The molecule has 0 fully saturated rings. The van der Waals surface area contributed by atoms with Gasteiger partial charge in [0.1, 0.15) is 11.5 Å². The van der Waals surface area contributed by atoms with E-state index in [2.05, 4.69) is 10.2 Å². The molecule has 6 heteroatoms. The molecule has 2 rings (SSSR count). The standard InChI is InChI=1S/C19H24N2O4/c1-13(2)21(15-5-7-16(25-3)8-6-15)11-19(24)14-4-9-18(23)17(10-14)20-12-22/h4-10,12-13,19,23-24H,11H2,1-3H3,(H,20,22). The second-order valence-electron chi connectivity index (χ2n) is 6.00. The quantitative estimate of drug-likeness (QED) is 0.507. The van der Waals surface area contributed by atoms with Crippen molar-refractivity contribution in [3.8, 4) is 11.5 Å². The maximum Gasteiger partial charge on any atom is 0.211 e. The normalized spacial score (nSPS) is 11.9. The van der Waals surface area contributed by atoms with E-state index in [1.807, 2.05) is 38.1 Å². The Labute approximate surface area is 147 Å². The molecular formula is C19H24N2O4. The van der Waals surface area contributed by atoms with Crippen molar-refractivity contribution in [1.82, 2.24) is 0 Å². The number of ether oxygens (including phenoxy) is 1. The molecular weight excluding hydrogens is 320 g/mol. The van der Waals surface area contributed by atoms with Gasteiger partial charge in [-0.1, -0.05) is 6.07 Å². The van der Waals surface area contributed by atoms with Gasteiger partial charge in [-0.05, 0) is 55.8 Å². The van der Waals surface area contributed by atoms with E-state index in [0.29, 0.717) is 18.5 Å². The number of phenolic OH excluding ortho intramolecular Hbond substituents is 1. The minimum atomic E-state index is -0.780. The fraction of sp³-hybridized carbons (Fsp3) is 0.316. The maximum atomic E-state index is 10.6. The lowest BCUT2D eigenvalue weighted by atomic mass is 10.1. The van der Waals surface area contributed by atoms with E-state index in [9.17, 15) is 15.0 Å². The Morgan fingerprint density at radius 3 is 2.44 bits per heavy atom. The first kappa shape index (κ1) is 18.6. The molecule has 0 spiro atoms. The number of hydrogen-bond donors (Lipinski definition) is 3. The lowest BCUT2D eigenvalue weighted by Crippen LogP contribution is -2.34. The van der Waals surface area contributed by atoms with Gasteiger partial charge in [0, 0.05) is 18.3 Å². The van der Waals surface area contributed by atoms with E-state index in [-0.39, 0.29) is 17.5 Å². The predicted molar refractivity (Wildman–Crippen MR) is 98.2 cm³/mol. The van der Waals surface area contributed by atoms with Gasteiger partial charge < -0.3 is 25.2 Å². The Morgan fingerprint density at radius 1 is 1.20 bits per heavy atom. The molecule has 0 saturated heterocycles. The van der Waals surface area contributed by atoms with Crippen molar-refractivity contribution in [3.05, 3.63) is 48.0 Å². The summed E-state index contributed by atoms with van der Waals surface area (Å²) in [6, 6.07) is 12.5. The molecule has 2 aromatic rings. The van der Waals surface area contributed by atoms with Crippen molar-refractivity contribution in [2.75, 3.05) is 23.9 Å². The number of carbonyl (C=O) groups excluding carboxylic acids is 1. The average molecular weight is 344 g/mol. The number of hydrogen-bond acceptors (Lipinski definition) is 5. The van der Waals surface area contributed by atoms with Crippen LogP contribution in [0.1, 0.15) is 25.5 Å². The largest absolute Gasteiger partial charge is 0.506 e. The van der Waals surface area contributed by atoms with E-state index in [1.165, 1.54) is 6.07 Å². The molecule has 3 N–H and O–H groups in total. The van der Waals surface area contributed by atoms with Crippen LogP contribution < -0.4 is 15.0 Å². The zero-order valence-corrected chi connectivity index (χ0v) is 14.6. The number of aliphatic hydroxyl groups is 1. The summed E-state index contributed by atoms with van der Waals surface area (Å²) in [5.41, 5.74) is 1.85. The van der Waals surface area contributed by atoms with Crippen molar-refractivity contribution in [1.29, 1.82) is 0 Å². The summed E-state index contributed by atoms with van der Waals surface area (Å²) in [7, 11) is 1.62. The Balaban J connectivity index is 2.21. The highest BCUT2D eigenvalue weighted by Gasteiger charge is 2.18. The average Bonchev–Trinajstić information content (AvgIpc) is 2.61. The Morgan fingerprint density at radius 2 is 1.88 bits per heavy atom. The molecule has 0 aliphatic rings.